The molecular weight excluding hydrogens is 269 g/mol. The van der Waals surface area contributed by atoms with Gasteiger partial charge < -0.3 is 10.4 Å². The lowest BCUT2D eigenvalue weighted by Crippen LogP contribution is -2.40. The van der Waals surface area contributed by atoms with Gasteiger partial charge in [-0.3, -0.25) is 4.79 Å². The number of aliphatic hydroxyl groups is 1. The van der Waals surface area contributed by atoms with Gasteiger partial charge in [-0.05, 0) is 49.7 Å². The Bertz CT molecular complexity index is 474. The van der Waals surface area contributed by atoms with E-state index in [1.165, 1.54) is 6.07 Å². The van der Waals surface area contributed by atoms with Crippen LogP contribution in [0.2, 0.25) is 0 Å². The highest BCUT2D eigenvalue weighted by Crippen LogP contribution is 2.34. The summed E-state index contributed by atoms with van der Waals surface area (Å²) in [5, 5.41) is 12.1. The molecule has 2 unspecified atom stereocenters. The van der Waals surface area contributed by atoms with Crippen molar-refractivity contribution < 1.29 is 14.3 Å². The molecule has 2 rings (SSSR count). The molecule has 0 bridgehead atoms. The fourth-order valence-corrected chi connectivity index (χ4v) is 2.59. The zero-order valence-corrected chi connectivity index (χ0v) is 12.5. The molecule has 0 saturated heterocycles. The van der Waals surface area contributed by atoms with Gasteiger partial charge in [0, 0.05) is 18.6 Å². The van der Waals surface area contributed by atoms with Gasteiger partial charge in [-0.1, -0.05) is 25.1 Å². The van der Waals surface area contributed by atoms with Gasteiger partial charge in [0.25, 0.3) is 0 Å². The van der Waals surface area contributed by atoms with Gasteiger partial charge in [0.2, 0.25) is 5.91 Å². The third-order valence-corrected chi connectivity index (χ3v) is 4.21. The smallest absolute Gasteiger partial charge is 0.223 e. The average molecular weight is 293 g/mol. The van der Waals surface area contributed by atoms with Crippen LogP contribution < -0.4 is 5.32 Å². The number of amides is 1. The Morgan fingerprint density at radius 3 is 2.71 bits per heavy atom. The molecule has 1 fully saturated rings. The minimum Gasteiger partial charge on any atom is -0.396 e. The highest BCUT2D eigenvalue weighted by Gasteiger charge is 2.32. The number of hydrogen-bond acceptors (Lipinski definition) is 2. The molecule has 1 saturated carbocycles. The van der Waals surface area contributed by atoms with Crippen molar-refractivity contribution in [2.75, 3.05) is 6.61 Å². The van der Waals surface area contributed by atoms with E-state index in [-0.39, 0.29) is 30.3 Å². The number of hydrogen-bond donors (Lipinski definition) is 2. The second kappa shape index (κ2) is 7.55. The first-order valence-electron chi connectivity index (χ1n) is 7.76. The number of carbonyl (C=O) groups excluding carboxylic acids is 1. The summed E-state index contributed by atoms with van der Waals surface area (Å²) >= 11 is 0. The van der Waals surface area contributed by atoms with E-state index in [1.807, 2.05) is 13.0 Å². The van der Waals surface area contributed by atoms with E-state index < -0.39 is 0 Å². The zero-order valence-electron chi connectivity index (χ0n) is 12.5. The second-order valence-corrected chi connectivity index (χ2v) is 6.00. The number of aliphatic hydroxyl groups excluding tert-OH is 1. The standard InChI is InChI=1S/C17H24FNO2/c1-12(6-7-13-4-2-3-5-15(13)18)17(21)19-16(10-11-20)14-8-9-14/h2-5,12,14,16,20H,6-11H2,1H3,(H,19,21). The van der Waals surface area contributed by atoms with Crippen LogP contribution >= 0.6 is 0 Å². The summed E-state index contributed by atoms with van der Waals surface area (Å²) in [7, 11) is 0. The molecule has 1 aromatic carbocycles. The highest BCUT2D eigenvalue weighted by atomic mass is 19.1. The number of halogens is 1. The Kier molecular flexibility index (Phi) is 5.74. The number of rotatable bonds is 8. The van der Waals surface area contributed by atoms with E-state index in [0.717, 1.165) is 12.8 Å². The summed E-state index contributed by atoms with van der Waals surface area (Å²) in [5.74, 6) is 0.183. The van der Waals surface area contributed by atoms with Gasteiger partial charge in [-0.15, -0.1) is 0 Å². The Morgan fingerprint density at radius 1 is 1.38 bits per heavy atom. The quantitative estimate of drug-likeness (QED) is 0.774. The van der Waals surface area contributed by atoms with Crippen molar-refractivity contribution >= 4 is 5.91 Å². The van der Waals surface area contributed by atoms with Crippen molar-refractivity contribution in [1.29, 1.82) is 0 Å². The molecule has 116 valence electrons. The summed E-state index contributed by atoms with van der Waals surface area (Å²) in [5.41, 5.74) is 0.659. The van der Waals surface area contributed by atoms with Crippen molar-refractivity contribution in [3.63, 3.8) is 0 Å². The van der Waals surface area contributed by atoms with E-state index in [1.54, 1.807) is 12.1 Å². The lowest BCUT2D eigenvalue weighted by molar-refractivity contribution is -0.125. The number of carbonyl (C=O) groups is 1. The van der Waals surface area contributed by atoms with Gasteiger partial charge >= 0.3 is 0 Å². The van der Waals surface area contributed by atoms with Crippen LogP contribution in [0.4, 0.5) is 4.39 Å². The third kappa shape index (κ3) is 4.81. The Balaban J connectivity index is 1.80. The highest BCUT2D eigenvalue weighted by molar-refractivity contribution is 5.78. The predicted octanol–water partition coefficient (Wildman–Crippen LogP) is 2.67. The van der Waals surface area contributed by atoms with Crippen molar-refractivity contribution in [1.82, 2.24) is 5.32 Å². The van der Waals surface area contributed by atoms with Crippen LogP contribution in [0, 0.1) is 17.7 Å². The van der Waals surface area contributed by atoms with Crippen LogP contribution in [0.1, 0.15) is 38.2 Å². The average Bonchev–Trinajstić information content (AvgIpc) is 3.30. The van der Waals surface area contributed by atoms with Crippen LogP contribution in [0.25, 0.3) is 0 Å². The van der Waals surface area contributed by atoms with Crippen molar-refractivity contribution in [3.05, 3.63) is 35.6 Å². The van der Waals surface area contributed by atoms with Crippen LogP contribution in [0.3, 0.4) is 0 Å². The molecule has 1 aliphatic rings. The normalized spacial score (nSPS) is 17.3. The second-order valence-electron chi connectivity index (χ2n) is 6.00. The van der Waals surface area contributed by atoms with Gasteiger partial charge in [0.1, 0.15) is 5.82 Å². The van der Waals surface area contributed by atoms with E-state index >= 15 is 0 Å². The van der Waals surface area contributed by atoms with Crippen molar-refractivity contribution in [3.8, 4) is 0 Å². The molecule has 0 aliphatic heterocycles. The van der Waals surface area contributed by atoms with Crippen LogP contribution in [0.15, 0.2) is 24.3 Å². The molecule has 4 heteroatoms. The summed E-state index contributed by atoms with van der Waals surface area (Å²) in [6.45, 7) is 1.98. The fraction of sp³-hybridized carbons (Fsp3) is 0.588. The van der Waals surface area contributed by atoms with Gasteiger partial charge in [-0.2, -0.15) is 0 Å². The van der Waals surface area contributed by atoms with Crippen LogP contribution in [-0.4, -0.2) is 23.7 Å². The minimum absolute atomic E-state index is 0.0108. The Labute approximate surface area is 125 Å². The molecular formula is C17H24FNO2. The predicted molar refractivity (Wildman–Crippen MR) is 80.2 cm³/mol. The molecule has 1 aromatic rings. The largest absolute Gasteiger partial charge is 0.396 e. The monoisotopic (exact) mass is 293 g/mol. The molecule has 1 aliphatic carbocycles. The molecule has 21 heavy (non-hydrogen) atoms. The maximum absolute atomic E-state index is 13.5. The van der Waals surface area contributed by atoms with E-state index in [4.69, 9.17) is 5.11 Å². The van der Waals surface area contributed by atoms with E-state index in [2.05, 4.69) is 5.32 Å². The zero-order chi connectivity index (χ0) is 15.2. The molecule has 0 spiro atoms. The van der Waals surface area contributed by atoms with Gasteiger partial charge in [-0.25, -0.2) is 4.39 Å². The SMILES string of the molecule is CC(CCc1ccccc1F)C(=O)NC(CCO)C1CC1. The summed E-state index contributed by atoms with van der Waals surface area (Å²) < 4.78 is 13.5. The first-order valence-corrected chi connectivity index (χ1v) is 7.76. The summed E-state index contributed by atoms with van der Waals surface area (Å²) in [4.78, 5) is 12.2. The van der Waals surface area contributed by atoms with E-state index in [9.17, 15) is 9.18 Å². The first kappa shape index (κ1) is 16.0. The molecule has 0 heterocycles. The molecule has 1 amide bonds. The molecule has 2 atom stereocenters. The topological polar surface area (TPSA) is 49.3 Å². The maximum Gasteiger partial charge on any atom is 0.223 e. The van der Waals surface area contributed by atoms with Crippen LogP contribution in [0.5, 0.6) is 0 Å². The minimum atomic E-state index is -0.207. The molecule has 0 radical (unpaired) electrons. The Morgan fingerprint density at radius 2 is 2.10 bits per heavy atom. The lowest BCUT2D eigenvalue weighted by atomic mass is 9.99. The van der Waals surface area contributed by atoms with Crippen molar-refractivity contribution in [2.45, 2.75) is 45.1 Å². The molecule has 3 nitrogen and oxygen atoms in total. The Hall–Kier alpha value is -1.42. The first-order chi connectivity index (χ1) is 10.1. The van der Waals surface area contributed by atoms with Crippen LogP contribution in [-0.2, 0) is 11.2 Å². The summed E-state index contributed by atoms with van der Waals surface area (Å²) in [6, 6.07) is 6.79. The molecule has 2 N–H and O–H groups in total. The van der Waals surface area contributed by atoms with E-state index in [0.29, 0.717) is 30.7 Å². The fourth-order valence-electron chi connectivity index (χ4n) is 2.59. The lowest BCUT2D eigenvalue weighted by Gasteiger charge is -2.20. The van der Waals surface area contributed by atoms with Gasteiger partial charge in [0.05, 0.1) is 0 Å². The third-order valence-electron chi connectivity index (χ3n) is 4.21. The number of aryl methyl sites for hydroxylation is 1. The number of nitrogens with one attached hydrogen (secondary N) is 1. The van der Waals surface area contributed by atoms with Crippen molar-refractivity contribution in [2.24, 2.45) is 11.8 Å². The molecule has 0 aromatic heterocycles. The summed E-state index contributed by atoms with van der Waals surface area (Å²) in [6.07, 6.45) is 4.08. The number of benzene rings is 1. The van der Waals surface area contributed by atoms with Gasteiger partial charge in [0.15, 0.2) is 0 Å². The maximum atomic E-state index is 13.5.